The molecule has 0 unspecified atom stereocenters. The molecule has 1 aromatic heterocycles. The molecule has 0 aliphatic heterocycles. The molecule has 1 aromatic carbocycles. The first kappa shape index (κ1) is 20.9. The molecule has 0 radical (unpaired) electrons. The van der Waals surface area contributed by atoms with Crippen molar-refractivity contribution in [3.63, 3.8) is 0 Å². The number of imidazole rings is 1. The van der Waals surface area contributed by atoms with E-state index in [2.05, 4.69) is 45.9 Å². The van der Waals surface area contributed by atoms with Crippen LogP contribution in [0.2, 0.25) is 0 Å². The minimum atomic E-state index is -4.20. The summed E-state index contributed by atoms with van der Waals surface area (Å²) in [6, 6.07) is 6.33. The fourth-order valence-electron chi connectivity index (χ4n) is 2.69. The first-order valence-electron chi connectivity index (χ1n) is 7.83. The van der Waals surface area contributed by atoms with Gasteiger partial charge in [-0.1, -0.05) is 45.9 Å². The molecule has 0 aliphatic carbocycles. The first-order chi connectivity index (χ1) is 10.7. The fraction of sp³-hybridized carbons (Fsp3) is 0.471. The van der Waals surface area contributed by atoms with Gasteiger partial charge in [0.05, 0.1) is 15.9 Å². The molecular weight excluding hydrogens is 392 g/mol. The lowest BCUT2D eigenvalue weighted by Crippen LogP contribution is -2.35. The molecule has 2 rings (SSSR count). The summed E-state index contributed by atoms with van der Waals surface area (Å²) in [5.74, 6) is 0.355. The van der Waals surface area contributed by atoms with Crippen molar-refractivity contribution in [2.45, 2.75) is 46.1 Å². The average Bonchev–Trinajstić information content (AvgIpc) is 2.92. The number of para-hydroxylation sites is 1. The third-order valence-electron chi connectivity index (χ3n) is 3.89. The predicted molar refractivity (Wildman–Crippen MR) is 99.0 cm³/mol. The summed E-state index contributed by atoms with van der Waals surface area (Å²) in [5, 5.41) is 0. The van der Waals surface area contributed by atoms with E-state index >= 15 is 0 Å². The number of aryl methyl sites for hydroxylation is 1. The maximum Gasteiger partial charge on any atom is 0.249 e. The van der Waals surface area contributed by atoms with Gasteiger partial charge in [0.1, 0.15) is 24.6 Å². The van der Waals surface area contributed by atoms with E-state index in [0.717, 1.165) is 5.69 Å². The Morgan fingerprint density at radius 1 is 1.12 bits per heavy atom. The van der Waals surface area contributed by atoms with Gasteiger partial charge in [-0.25, -0.2) is 17.6 Å². The van der Waals surface area contributed by atoms with Crippen molar-refractivity contribution >= 4 is 27.1 Å². The van der Waals surface area contributed by atoms with Gasteiger partial charge in [0, 0.05) is 11.1 Å². The van der Waals surface area contributed by atoms with Crippen LogP contribution in [0.5, 0.6) is 0 Å². The molecule has 0 saturated carbocycles. The average molecular weight is 417 g/mol. The van der Waals surface area contributed by atoms with Crippen molar-refractivity contribution in [1.29, 1.82) is 0 Å². The van der Waals surface area contributed by atoms with Crippen molar-refractivity contribution in [2.75, 3.05) is 5.75 Å². The summed E-state index contributed by atoms with van der Waals surface area (Å²) in [4.78, 5) is 0. The maximum absolute atomic E-state index is 10.8. The molecule has 0 fully saturated rings. The number of benzene rings is 1. The molecule has 1 heterocycles. The molecular formula is C17H25BrN2O3S. The smallest absolute Gasteiger partial charge is 0.249 e. The number of nitrogens with zero attached hydrogens (tertiary/aromatic N) is 2. The van der Waals surface area contributed by atoms with Crippen molar-refractivity contribution in [3.05, 3.63) is 48.0 Å². The van der Waals surface area contributed by atoms with Crippen LogP contribution in [-0.4, -0.2) is 23.3 Å². The van der Waals surface area contributed by atoms with E-state index in [-0.39, 0.29) is 23.5 Å². The number of rotatable bonds is 6. The second-order valence-electron chi connectivity index (χ2n) is 6.41. The van der Waals surface area contributed by atoms with E-state index < -0.39 is 15.9 Å². The van der Waals surface area contributed by atoms with Crippen molar-refractivity contribution in [3.8, 4) is 5.69 Å². The minimum Gasteiger partial charge on any atom is -0.748 e. The molecule has 5 nitrogen and oxygen atoms in total. The summed E-state index contributed by atoms with van der Waals surface area (Å²) in [6.45, 7) is 8.80. The van der Waals surface area contributed by atoms with Crippen LogP contribution < -0.4 is 4.57 Å². The second kappa shape index (κ2) is 8.27. The summed E-state index contributed by atoms with van der Waals surface area (Å²) in [7, 11) is -4.20. The highest BCUT2D eigenvalue weighted by Gasteiger charge is 2.20. The van der Waals surface area contributed by atoms with E-state index in [0.29, 0.717) is 11.8 Å². The summed E-state index contributed by atoms with van der Waals surface area (Å²) < 4.78 is 36.1. The van der Waals surface area contributed by atoms with Crippen LogP contribution in [0, 0.1) is 0 Å². The Morgan fingerprint density at radius 2 is 1.67 bits per heavy atom. The van der Waals surface area contributed by atoms with Crippen molar-refractivity contribution < 1.29 is 17.5 Å². The lowest BCUT2D eigenvalue weighted by molar-refractivity contribution is -0.691. The first-order valence-corrected chi connectivity index (χ1v) is 9.40. The Bertz CT molecular complexity index is 757. The van der Waals surface area contributed by atoms with Gasteiger partial charge in [-0.15, -0.1) is 17.0 Å². The van der Waals surface area contributed by atoms with E-state index in [9.17, 15) is 13.0 Å². The number of hydrogen-bond donors (Lipinski definition) is 0. The summed E-state index contributed by atoms with van der Waals surface area (Å²) >= 11 is 0. The summed E-state index contributed by atoms with van der Waals surface area (Å²) in [5.41, 5.74) is 3.63. The largest absolute Gasteiger partial charge is 0.748 e. The molecule has 0 N–H and O–H groups in total. The lowest BCUT2D eigenvalue weighted by Gasteiger charge is -2.16. The van der Waals surface area contributed by atoms with Crippen molar-refractivity contribution in [1.82, 2.24) is 4.57 Å². The van der Waals surface area contributed by atoms with E-state index in [1.807, 2.05) is 17.1 Å². The number of halogens is 1. The van der Waals surface area contributed by atoms with E-state index in [1.54, 1.807) is 10.8 Å². The van der Waals surface area contributed by atoms with Gasteiger partial charge in [-0.3, -0.25) is 0 Å². The van der Waals surface area contributed by atoms with Gasteiger partial charge in [0.15, 0.2) is 0 Å². The van der Waals surface area contributed by atoms with Crippen LogP contribution in [0.25, 0.3) is 5.69 Å². The Kier molecular flexibility index (Phi) is 7.19. The Balaban J connectivity index is 0.00000288. The molecule has 7 heteroatoms. The third-order valence-corrected chi connectivity index (χ3v) is 4.57. The van der Waals surface area contributed by atoms with Crippen LogP contribution in [-0.2, 0) is 16.7 Å². The zero-order chi connectivity index (χ0) is 17.2. The highest BCUT2D eigenvalue weighted by Crippen LogP contribution is 2.30. The van der Waals surface area contributed by atoms with E-state index in [1.165, 1.54) is 11.1 Å². The van der Waals surface area contributed by atoms with E-state index in [4.69, 9.17) is 0 Å². The monoisotopic (exact) mass is 416 g/mol. The standard InChI is InChI=1S/C17H24N2O3S.BrH/c1-13(2)15-6-5-7-16(14(3)4)17(15)19-9-8-18(12-19)10-11-23(20,21)22;/h5-9,12-14H,10-11H2,1-4H3;1H. The number of aromatic nitrogens is 2. The van der Waals surface area contributed by atoms with Gasteiger partial charge < -0.3 is 4.55 Å². The SMILES string of the molecule is Br.CC(C)c1cccc(C(C)C)c1-n1cc[n+](CCS(=O)(=O)[O-])c1. The number of hydrogen-bond acceptors (Lipinski definition) is 3. The molecule has 0 amide bonds. The molecule has 134 valence electrons. The summed E-state index contributed by atoms with van der Waals surface area (Å²) in [6.07, 6.45) is 5.55. The Hall–Kier alpha value is -1.18. The highest BCUT2D eigenvalue weighted by molar-refractivity contribution is 8.93. The molecule has 0 atom stereocenters. The van der Waals surface area contributed by atoms with Crippen LogP contribution in [0.15, 0.2) is 36.9 Å². The molecule has 0 bridgehead atoms. The zero-order valence-electron chi connectivity index (χ0n) is 14.5. The third kappa shape index (κ3) is 5.16. The van der Waals surface area contributed by atoms with Gasteiger partial charge in [0.2, 0.25) is 6.33 Å². The molecule has 2 aromatic rings. The minimum absolute atomic E-state index is 0. The topological polar surface area (TPSA) is 66.0 Å². The second-order valence-corrected chi connectivity index (χ2v) is 7.94. The van der Waals surface area contributed by atoms with Gasteiger partial charge >= 0.3 is 0 Å². The van der Waals surface area contributed by atoms with Crippen LogP contribution in [0.4, 0.5) is 0 Å². The molecule has 0 spiro atoms. The quantitative estimate of drug-likeness (QED) is 0.536. The van der Waals surface area contributed by atoms with Crippen LogP contribution >= 0.6 is 17.0 Å². The van der Waals surface area contributed by atoms with Gasteiger partial charge in [-0.2, -0.15) is 0 Å². The highest BCUT2D eigenvalue weighted by atomic mass is 79.9. The van der Waals surface area contributed by atoms with Crippen LogP contribution in [0.3, 0.4) is 0 Å². The predicted octanol–water partition coefficient (Wildman–Crippen LogP) is 3.13. The van der Waals surface area contributed by atoms with Crippen molar-refractivity contribution in [2.24, 2.45) is 0 Å². The molecule has 0 saturated heterocycles. The van der Waals surface area contributed by atoms with Gasteiger partial charge in [-0.05, 0) is 11.8 Å². The maximum atomic E-state index is 10.8. The Morgan fingerprint density at radius 3 is 2.12 bits per heavy atom. The normalized spacial score (nSPS) is 11.8. The molecule has 0 aliphatic rings. The lowest BCUT2D eigenvalue weighted by atomic mass is 9.92. The Labute approximate surface area is 154 Å². The fourth-order valence-corrected chi connectivity index (χ4v) is 3.12. The molecule has 24 heavy (non-hydrogen) atoms. The zero-order valence-corrected chi connectivity index (χ0v) is 17.0. The van der Waals surface area contributed by atoms with Crippen LogP contribution in [0.1, 0.15) is 50.7 Å². The van der Waals surface area contributed by atoms with Gasteiger partial charge in [0.25, 0.3) is 0 Å².